The molecule has 0 aromatic heterocycles. The van der Waals surface area contributed by atoms with E-state index in [1.54, 1.807) is 7.05 Å². The average molecular weight is 487 g/mol. The molecule has 2 atom stereocenters. The Bertz CT molecular complexity index is 803. The number of aldehydes is 1. The molecule has 0 aromatic carbocycles. The van der Waals surface area contributed by atoms with Gasteiger partial charge in [-0.15, -0.1) is 11.8 Å². The van der Waals surface area contributed by atoms with Gasteiger partial charge in [-0.25, -0.2) is 0 Å². The number of hydrogen-bond donors (Lipinski definition) is 3. The van der Waals surface area contributed by atoms with Crippen LogP contribution in [-0.4, -0.2) is 102 Å². The van der Waals surface area contributed by atoms with E-state index in [9.17, 15) is 28.8 Å². The molecule has 33 heavy (non-hydrogen) atoms. The van der Waals surface area contributed by atoms with Crippen LogP contribution in [0.25, 0.3) is 0 Å². The van der Waals surface area contributed by atoms with Crippen LogP contribution >= 0.6 is 11.8 Å². The summed E-state index contributed by atoms with van der Waals surface area (Å²) in [5.74, 6) is -2.57. The Morgan fingerprint density at radius 2 is 2.00 bits per heavy atom. The monoisotopic (exact) mass is 486 g/mol. The number of carbonyl (C=O) groups excluding carboxylic acids is 6. The minimum absolute atomic E-state index is 0.0944. The fraction of sp³-hybridized carbons (Fsp3) is 0.714. The Hall–Kier alpha value is -2.31. The summed E-state index contributed by atoms with van der Waals surface area (Å²) in [5, 5.41) is 7.66. The molecule has 1 rings (SSSR count). The molecule has 186 valence electrons. The fourth-order valence-corrected chi connectivity index (χ4v) is 4.04. The van der Waals surface area contributed by atoms with Crippen molar-refractivity contribution in [3.63, 3.8) is 0 Å². The number of thioether (sulfide) groups is 1. The van der Waals surface area contributed by atoms with Gasteiger partial charge in [0, 0.05) is 38.4 Å². The predicted molar refractivity (Wildman–Crippen MR) is 124 cm³/mol. The Labute approximate surface area is 200 Å². The van der Waals surface area contributed by atoms with E-state index in [2.05, 4.69) is 16.0 Å². The number of carbonyl (C=O) groups is 6. The molecule has 0 aliphatic carbocycles. The second-order valence-corrected chi connectivity index (χ2v) is 9.91. The molecule has 12 heteroatoms. The van der Waals surface area contributed by atoms with Crippen molar-refractivity contribution in [2.24, 2.45) is 0 Å². The molecule has 1 fully saturated rings. The van der Waals surface area contributed by atoms with Crippen LogP contribution in [0.5, 0.6) is 0 Å². The molecule has 0 saturated carbocycles. The van der Waals surface area contributed by atoms with Gasteiger partial charge in [0.1, 0.15) is 14.2 Å². The van der Waals surface area contributed by atoms with Gasteiger partial charge in [-0.05, 0) is 27.8 Å². The number of ketones is 1. The number of likely N-dealkylation sites (N-methyl/N-ethyl adjacent to an activating group) is 1. The van der Waals surface area contributed by atoms with Gasteiger partial charge in [0.15, 0.2) is 5.78 Å². The molecular weight excluding hydrogens is 450 g/mol. The molecule has 2 unspecified atom stereocenters. The van der Waals surface area contributed by atoms with Gasteiger partial charge >= 0.3 is 0 Å². The summed E-state index contributed by atoms with van der Waals surface area (Å²) in [6.45, 7) is 5.94. The van der Waals surface area contributed by atoms with Crippen molar-refractivity contribution in [3.8, 4) is 0 Å². The van der Waals surface area contributed by atoms with Gasteiger partial charge < -0.3 is 20.3 Å². The van der Waals surface area contributed by atoms with E-state index in [4.69, 9.17) is 1.37 Å². The van der Waals surface area contributed by atoms with E-state index in [0.717, 1.165) is 21.6 Å². The van der Waals surface area contributed by atoms with E-state index in [1.807, 2.05) is 20.8 Å². The summed E-state index contributed by atoms with van der Waals surface area (Å²) in [7, 11) is 3.04. The van der Waals surface area contributed by atoms with Crippen LogP contribution in [0, 0.1) is 0 Å². The quantitative estimate of drug-likeness (QED) is 0.158. The standard InChI is InChI=1S/C21H35N5O6S/c1-21(2,3)24-13-23-17(29)11-26-18(30)10-16(20(26)32)33-12-19(31)25(5)14(7-9-27)15(28)6-8-22-4/h9,14,16,22,24H,6-8,10-13H2,1-5H3,(H,23,29)/i9D. The summed E-state index contributed by atoms with van der Waals surface area (Å²) in [4.78, 5) is 75.2. The summed E-state index contributed by atoms with van der Waals surface area (Å²) >= 11 is 0.948. The van der Waals surface area contributed by atoms with Gasteiger partial charge in [-0.3, -0.25) is 34.2 Å². The lowest BCUT2D eigenvalue weighted by atomic mass is 10.1. The van der Waals surface area contributed by atoms with Crippen LogP contribution in [0.15, 0.2) is 0 Å². The molecular formula is C21H35N5O6S. The number of rotatable bonds is 14. The van der Waals surface area contributed by atoms with E-state index in [-0.39, 0.29) is 36.6 Å². The summed E-state index contributed by atoms with van der Waals surface area (Å²) in [6, 6.07) is -1.06. The maximum Gasteiger partial charge on any atom is 0.243 e. The van der Waals surface area contributed by atoms with Crippen molar-refractivity contribution in [1.82, 2.24) is 25.8 Å². The first-order chi connectivity index (χ1) is 15.8. The van der Waals surface area contributed by atoms with Crippen LogP contribution in [0.3, 0.4) is 0 Å². The SMILES string of the molecule is [2H]C(=O)CC(C(=O)CCNC)N(C)C(=O)CSC1CC(=O)N(CC(=O)NCNC(C)(C)C)C1=O. The first-order valence-electron chi connectivity index (χ1n) is 11.2. The molecule has 1 heterocycles. The van der Waals surface area contributed by atoms with Crippen molar-refractivity contribution >= 4 is 47.4 Å². The molecule has 1 saturated heterocycles. The van der Waals surface area contributed by atoms with E-state index in [1.165, 1.54) is 7.05 Å². The summed E-state index contributed by atoms with van der Waals surface area (Å²) < 4.78 is 7.18. The highest BCUT2D eigenvalue weighted by atomic mass is 32.2. The molecule has 1 aliphatic heterocycles. The van der Waals surface area contributed by atoms with E-state index < -0.39 is 54.1 Å². The lowest BCUT2D eigenvalue weighted by Gasteiger charge is -2.26. The third-order valence-electron chi connectivity index (χ3n) is 4.95. The molecule has 11 nitrogen and oxygen atoms in total. The van der Waals surface area contributed by atoms with Gasteiger partial charge in [-0.2, -0.15) is 0 Å². The maximum atomic E-state index is 12.6. The van der Waals surface area contributed by atoms with Gasteiger partial charge in [0.05, 0.1) is 23.7 Å². The Balaban J connectivity index is 2.64. The zero-order chi connectivity index (χ0) is 26.1. The maximum absolute atomic E-state index is 12.6. The number of hydrogen-bond acceptors (Lipinski definition) is 9. The normalized spacial score (nSPS) is 17.5. The first kappa shape index (κ1) is 26.9. The van der Waals surface area contributed by atoms with Crippen molar-refractivity contribution in [2.45, 2.75) is 56.9 Å². The highest BCUT2D eigenvalue weighted by Gasteiger charge is 2.40. The molecule has 0 bridgehead atoms. The molecule has 0 aromatic rings. The third kappa shape index (κ3) is 9.60. The van der Waals surface area contributed by atoms with Crippen LogP contribution in [-0.2, 0) is 28.8 Å². The van der Waals surface area contributed by atoms with Crippen LogP contribution < -0.4 is 16.0 Å². The summed E-state index contributed by atoms with van der Waals surface area (Å²) in [6.07, 6.45) is -1.41. The Kier molecular flexibility index (Phi) is 10.9. The predicted octanol–water partition coefficient (Wildman–Crippen LogP) is -1.10. The molecule has 0 spiro atoms. The molecule has 0 radical (unpaired) electrons. The minimum Gasteiger partial charge on any atom is -0.342 e. The molecule has 3 N–H and O–H groups in total. The largest absolute Gasteiger partial charge is 0.342 e. The van der Waals surface area contributed by atoms with Gasteiger partial charge in [-0.1, -0.05) is 0 Å². The van der Waals surface area contributed by atoms with E-state index >= 15 is 0 Å². The zero-order valence-electron chi connectivity index (χ0n) is 20.9. The highest BCUT2D eigenvalue weighted by Crippen LogP contribution is 2.25. The minimum atomic E-state index is -1.06. The number of Topliss-reactive ketones (excluding diaryl/α,β-unsaturated/α-hetero) is 1. The fourth-order valence-electron chi connectivity index (χ4n) is 2.96. The Morgan fingerprint density at radius 1 is 1.33 bits per heavy atom. The number of likely N-dealkylation sites (tertiary alicyclic amines) is 1. The van der Waals surface area contributed by atoms with Crippen LogP contribution in [0.2, 0.25) is 0 Å². The van der Waals surface area contributed by atoms with Crippen molar-refractivity contribution in [2.75, 3.05) is 39.6 Å². The second-order valence-electron chi connectivity index (χ2n) is 8.71. The lowest BCUT2D eigenvalue weighted by molar-refractivity contribution is -0.142. The number of nitrogens with zero attached hydrogens (tertiary/aromatic N) is 2. The zero-order valence-corrected chi connectivity index (χ0v) is 20.7. The van der Waals surface area contributed by atoms with Crippen molar-refractivity contribution < 1.29 is 30.1 Å². The number of imide groups is 1. The van der Waals surface area contributed by atoms with Crippen molar-refractivity contribution in [1.29, 1.82) is 0 Å². The van der Waals surface area contributed by atoms with E-state index in [0.29, 0.717) is 6.54 Å². The molecule has 4 amide bonds. The molecule has 1 aliphatic rings. The van der Waals surface area contributed by atoms with Gasteiger partial charge in [0.25, 0.3) is 0 Å². The number of amides is 4. The topological polar surface area (TPSA) is 145 Å². The van der Waals surface area contributed by atoms with Gasteiger partial charge in [0.2, 0.25) is 23.6 Å². The smallest absolute Gasteiger partial charge is 0.243 e. The second kappa shape index (κ2) is 13.4. The number of nitrogens with one attached hydrogen (secondary N) is 3. The summed E-state index contributed by atoms with van der Waals surface area (Å²) in [5.41, 5.74) is -0.210. The first-order valence-corrected chi connectivity index (χ1v) is 11.7. The Morgan fingerprint density at radius 3 is 2.58 bits per heavy atom. The average Bonchev–Trinajstić information content (AvgIpc) is 2.99. The lowest BCUT2D eigenvalue weighted by Crippen LogP contribution is -2.47. The van der Waals surface area contributed by atoms with Crippen LogP contribution in [0.1, 0.15) is 41.4 Å². The highest BCUT2D eigenvalue weighted by molar-refractivity contribution is 8.01. The van der Waals surface area contributed by atoms with Crippen LogP contribution in [0.4, 0.5) is 0 Å². The van der Waals surface area contributed by atoms with Crippen molar-refractivity contribution in [3.05, 3.63) is 0 Å². The third-order valence-corrected chi connectivity index (χ3v) is 6.13.